The topological polar surface area (TPSA) is 17.1 Å². The lowest BCUT2D eigenvalue weighted by Crippen LogP contribution is -2.11. The fraction of sp³-hybridized carbons (Fsp3) is 0.278. The predicted octanol–water partition coefficient (Wildman–Crippen LogP) is 5.83. The molecule has 3 heteroatoms. The van der Waals surface area contributed by atoms with Crippen molar-refractivity contribution in [2.24, 2.45) is 0 Å². The Kier molecular flexibility index (Phi) is 4.90. The highest BCUT2D eigenvalue weighted by Gasteiger charge is 2.14. The normalized spacial score (nSPS) is 11.5. The molecular formula is C18H18BrClO. The van der Waals surface area contributed by atoms with E-state index in [0.29, 0.717) is 17.0 Å². The van der Waals surface area contributed by atoms with E-state index in [2.05, 4.69) is 48.8 Å². The molecule has 110 valence electrons. The van der Waals surface area contributed by atoms with Crippen molar-refractivity contribution in [3.05, 3.63) is 68.7 Å². The van der Waals surface area contributed by atoms with Crippen LogP contribution in [0.25, 0.3) is 0 Å². The second kappa shape index (κ2) is 6.33. The molecule has 0 aromatic heterocycles. The molecule has 0 aliphatic rings. The lowest BCUT2D eigenvalue weighted by molar-refractivity contribution is 0.0993. The van der Waals surface area contributed by atoms with Crippen LogP contribution in [0.4, 0.5) is 0 Å². The lowest BCUT2D eigenvalue weighted by atomic mass is 9.86. The van der Waals surface area contributed by atoms with E-state index in [0.717, 1.165) is 10.0 Å². The number of benzene rings is 2. The fourth-order valence-corrected chi connectivity index (χ4v) is 2.58. The summed E-state index contributed by atoms with van der Waals surface area (Å²) in [5.41, 5.74) is 3.10. The highest BCUT2D eigenvalue weighted by molar-refractivity contribution is 9.10. The number of hydrogen-bond donors (Lipinski definition) is 0. The van der Waals surface area contributed by atoms with Gasteiger partial charge in [0.25, 0.3) is 0 Å². The number of carbonyl (C=O) groups is 1. The fourth-order valence-electron chi connectivity index (χ4n) is 2.08. The van der Waals surface area contributed by atoms with Crippen LogP contribution in [0, 0.1) is 0 Å². The minimum atomic E-state index is 0.0934. The van der Waals surface area contributed by atoms with Crippen LogP contribution in [-0.4, -0.2) is 5.78 Å². The van der Waals surface area contributed by atoms with E-state index in [4.69, 9.17) is 11.6 Å². The average molecular weight is 366 g/mol. The van der Waals surface area contributed by atoms with Crippen LogP contribution < -0.4 is 0 Å². The van der Waals surface area contributed by atoms with Crippen LogP contribution in [0.1, 0.15) is 42.3 Å². The standard InChI is InChI=1S/C18H18BrClO/c1-18(2,3)14-7-4-12(5-8-14)10-17(21)13-6-9-16(20)15(19)11-13/h4-9,11H,10H2,1-3H3. The van der Waals surface area contributed by atoms with E-state index in [1.54, 1.807) is 18.2 Å². The van der Waals surface area contributed by atoms with Crippen molar-refractivity contribution in [2.75, 3.05) is 0 Å². The summed E-state index contributed by atoms with van der Waals surface area (Å²) in [5.74, 6) is 0.0934. The van der Waals surface area contributed by atoms with E-state index in [-0.39, 0.29) is 11.2 Å². The molecule has 0 amide bonds. The number of ketones is 1. The van der Waals surface area contributed by atoms with Crippen LogP contribution in [0.15, 0.2) is 46.9 Å². The monoisotopic (exact) mass is 364 g/mol. The molecule has 0 aliphatic carbocycles. The van der Waals surface area contributed by atoms with Gasteiger partial charge in [-0.15, -0.1) is 0 Å². The summed E-state index contributed by atoms with van der Waals surface area (Å²) in [5, 5.41) is 0.612. The number of hydrogen-bond acceptors (Lipinski definition) is 1. The zero-order valence-electron chi connectivity index (χ0n) is 12.4. The van der Waals surface area contributed by atoms with Crippen LogP contribution in [0.3, 0.4) is 0 Å². The van der Waals surface area contributed by atoms with Crippen LogP contribution in [-0.2, 0) is 11.8 Å². The number of halogens is 2. The summed E-state index contributed by atoms with van der Waals surface area (Å²) >= 11 is 9.29. The summed E-state index contributed by atoms with van der Waals surface area (Å²) in [6.07, 6.45) is 0.401. The molecule has 0 aliphatic heterocycles. The molecule has 0 N–H and O–H groups in total. The Hall–Kier alpha value is -1.12. The first-order valence-electron chi connectivity index (χ1n) is 6.85. The van der Waals surface area contributed by atoms with Gasteiger partial charge in [-0.1, -0.05) is 56.6 Å². The molecule has 0 radical (unpaired) electrons. The van der Waals surface area contributed by atoms with Gasteiger partial charge in [-0.2, -0.15) is 0 Å². The van der Waals surface area contributed by atoms with Gasteiger partial charge >= 0.3 is 0 Å². The van der Waals surface area contributed by atoms with Gasteiger partial charge in [-0.25, -0.2) is 0 Å². The van der Waals surface area contributed by atoms with Crippen molar-refractivity contribution in [1.82, 2.24) is 0 Å². The van der Waals surface area contributed by atoms with Crippen LogP contribution >= 0.6 is 27.5 Å². The molecule has 1 nitrogen and oxygen atoms in total. The SMILES string of the molecule is CC(C)(C)c1ccc(CC(=O)c2ccc(Cl)c(Br)c2)cc1. The second-order valence-corrected chi connectivity index (χ2v) is 7.44. The van der Waals surface area contributed by atoms with E-state index in [1.165, 1.54) is 5.56 Å². The maximum Gasteiger partial charge on any atom is 0.167 e. The van der Waals surface area contributed by atoms with E-state index >= 15 is 0 Å². The molecule has 0 fully saturated rings. The summed E-state index contributed by atoms with van der Waals surface area (Å²) in [6.45, 7) is 6.54. The highest BCUT2D eigenvalue weighted by Crippen LogP contribution is 2.25. The third-order valence-electron chi connectivity index (χ3n) is 3.43. The number of rotatable bonds is 3. The maximum absolute atomic E-state index is 12.3. The van der Waals surface area contributed by atoms with Gasteiger partial charge in [0.1, 0.15) is 0 Å². The van der Waals surface area contributed by atoms with E-state index in [9.17, 15) is 4.79 Å². The predicted molar refractivity (Wildman–Crippen MR) is 92.3 cm³/mol. The van der Waals surface area contributed by atoms with Crippen molar-refractivity contribution in [3.63, 3.8) is 0 Å². The van der Waals surface area contributed by atoms with Crippen molar-refractivity contribution in [3.8, 4) is 0 Å². The highest BCUT2D eigenvalue weighted by atomic mass is 79.9. The molecule has 0 atom stereocenters. The Morgan fingerprint density at radius 2 is 1.71 bits per heavy atom. The van der Waals surface area contributed by atoms with E-state index in [1.807, 2.05) is 12.1 Å². The molecule has 2 aromatic rings. The zero-order valence-corrected chi connectivity index (χ0v) is 14.8. The molecule has 21 heavy (non-hydrogen) atoms. The maximum atomic E-state index is 12.3. The smallest absolute Gasteiger partial charge is 0.167 e. The summed E-state index contributed by atoms with van der Waals surface area (Å²) in [6, 6.07) is 13.5. The van der Waals surface area contributed by atoms with Gasteiger partial charge in [0, 0.05) is 16.5 Å². The Morgan fingerprint density at radius 3 is 2.24 bits per heavy atom. The molecule has 2 aromatic carbocycles. The quantitative estimate of drug-likeness (QED) is 0.626. The van der Waals surface area contributed by atoms with Gasteiger partial charge in [0.15, 0.2) is 5.78 Å². The Morgan fingerprint density at radius 1 is 1.10 bits per heavy atom. The van der Waals surface area contributed by atoms with E-state index < -0.39 is 0 Å². The first-order valence-corrected chi connectivity index (χ1v) is 8.02. The van der Waals surface area contributed by atoms with Crippen LogP contribution in [0.5, 0.6) is 0 Å². The van der Waals surface area contributed by atoms with Gasteiger partial charge < -0.3 is 0 Å². The molecule has 0 bridgehead atoms. The van der Waals surface area contributed by atoms with Crippen molar-refractivity contribution < 1.29 is 4.79 Å². The largest absolute Gasteiger partial charge is 0.294 e. The molecule has 0 heterocycles. The number of carbonyl (C=O) groups excluding carboxylic acids is 1. The Labute approximate surface area is 139 Å². The molecule has 0 spiro atoms. The van der Waals surface area contributed by atoms with Gasteiger partial charge in [0.2, 0.25) is 0 Å². The lowest BCUT2D eigenvalue weighted by Gasteiger charge is -2.19. The Balaban J connectivity index is 2.14. The summed E-state index contributed by atoms with van der Waals surface area (Å²) in [4.78, 5) is 12.3. The van der Waals surface area contributed by atoms with Gasteiger partial charge in [-0.05, 0) is 50.7 Å². The van der Waals surface area contributed by atoms with Crippen molar-refractivity contribution >= 4 is 33.3 Å². The van der Waals surface area contributed by atoms with Crippen LogP contribution in [0.2, 0.25) is 5.02 Å². The van der Waals surface area contributed by atoms with Gasteiger partial charge in [0.05, 0.1) is 5.02 Å². The third kappa shape index (κ3) is 4.18. The first-order chi connectivity index (χ1) is 9.77. The zero-order chi connectivity index (χ0) is 15.6. The third-order valence-corrected chi connectivity index (χ3v) is 4.64. The minimum absolute atomic E-state index is 0.0934. The molecule has 0 unspecified atom stereocenters. The molecule has 0 saturated carbocycles. The Bertz CT molecular complexity index is 654. The summed E-state index contributed by atoms with van der Waals surface area (Å²) in [7, 11) is 0. The number of Topliss-reactive ketones (excluding diaryl/α,β-unsaturated/α-hetero) is 1. The van der Waals surface area contributed by atoms with Crippen molar-refractivity contribution in [2.45, 2.75) is 32.6 Å². The van der Waals surface area contributed by atoms with Gasteiger partial charge in [-0.3, -0.25) is 4.79 Å². The second-order valence-electron chi connectivity index (χ2n) is 6.18. The molecular weight excluding hydrogens is 348 g/mol. The average Bonchev–Trinajstić information content (AvgIpc) is 2.41. The first kappa shape index (κ1) is 16.3. The summed E-state index contributed by atoms with van der Waals surface area (Å²) < 4.78 is 0.748. The molecule has 0 saturated heterocycles. The minimum Gasteiger partial charge on any atom is -0.294 e. The molecule has 2 rings (SSSR count). The van der Waals surface area contributed by atoms with Crippen molar-refractivity contribution in [1.29, 1.82) is 0 Å².